The van der Waals surface area contributed by atoms with Crippen molar-refractivity contribution >= 4 is 44.9 Å². The van der Waals surface area contributed by atoms with Crippen LogP contribution in [0, 0.1) is 17.8 Å². The number of amides is 2. The molecule has 312 valence electrons. The molecule has 3 heterocycles. The largest absolute Gasteiger partial charge is 0.490 e. The zero-order valence-electron chi connectivity index (χ0n) is 33.3. The van der Waals surface area contributed by atoms with E-state index < -0.39 is 33.3 Å². The number of hydrogen-bond donors (Lipinski definition) is 1. The van der Waals surface area contributed by atoms with Crippen molar-refractivity contribution < 1.29 is 40.7 Å². The van der Waals surface area contributed by atoms with Crippen molar-refractivity contribution in [1.29, 1.82) is 0 Å². The van der Waals surface area contributed by atoms with Gasteiger partial charge in [0.25, 0.3) is 5.91 Å². The van der Waals surface area contributed by atoms with Crippen LogP contribution in [0.2, 0.25) is 5.02 Å². The quantitative estimate of drug-likeness (QED) is 0.329. The molecule has 57 heavy (non-hydrogen) atoms. The molecule has 2 fully saturated rings. The van der Waals surface area contributed by atoms with E-state index in [0.717, 1.165) is 47.7 Å². The highest BCUT2D eigenvalue weighted by Crippen LogP contribution is 2.46. The Morgan fingerprint density at radius 3 is 2.46 bits per heavy atom. The highest BCUT2D eigenvalue weighted by Gasteiger charge is 2.46. The van der Waals surface area contributed by atoms with E-state index in [-0.39, 0.29) is 59.7 Å². The summed E-state index contributed by atoms with van der Waals surface area (Å²) >= 11 is 6.37. The van der Waals surface area contributed by atoms with Crippen LogP contribution < -0.4 is 14.4 Å². The molecule has 2 aliphatic carbocycles. The monoisotopic (exact) mass is 834 g/mol. The Morgan fingerprint density at radius 2 is 1.79 bits per heavy atom. The lowest BCUT2D eigenvalue weighted by Crippen LogP contribution is -2.57. The Kier molecular flexibility index (Phi) is 12.8. The number of halogens is 4. The number of aryl methyl sites for hydroxylation is 1. The minimum absolute atomic E-state index is 0.0277. The van der Waals surface area contributed by atoms with Gasteiger partial charge >= 0.3 is 12.1 Å². The molecule has 1 saturated heterocycles. The normalized spacial score (nSPS) is 29.8. The Hall–Kier alpha value is -3.62. The summed E-state index contributed by atoms with van der Waals surface area (Å²) in [6.45, 7) is 11.9. The molecule has 10 nitrogen and oxygen atoms in total. The van der Waals surface area contributed by atoms with Crippen molar-refractivity contribution in [3.8, 4) is 5.75 Å². The van der Waals surface area contributed by atoms with E-state index in [0.29, 0.717) is 38.4 Å². The number of allylic oxidation sites excluding steroid dienone is 2. The minimum Gasteiger partial charge on any atom is -0.490 e. The molecule has 2 bridgehead atoms. The summed E-state index contributed by atoms with van der Waals surface area (Å²) < 4.78 is 71.6. The number of carbonyl (C=O) groups excluding carboxylic acids is 3. The lowest BCUT2D eigenvalue weighted by atomic mass is 9.68. The smallest absolute Gasteiger partial charge is 0.471 e. The number of ether oxygens (including phenoxy) is 1. The van der Waals surface area contributed by atoms with Crippen molar-refractivity contribution in [2.24, 2.45) is 17.8 Å². The fourth-order valence-corrected chi connectivity index (χ4v) is 10.6. The zero-order valence-corrected chi connectivity index (χ0v) is 34.9. The molecule has 2 amide bonds. The van der Waals surface area contributed by atoms with Gasteiger partial charge in [-0.25, -0.2) is 13.1 Å². The van der Waals surface area contributed by atoms with Gasteiger partial charge in [0.15, 0.2) is 5.78 Å². The lowest BCUT2D eigenvalue weighted by Gasteiger charge is -2.44. The Bertz CT molecular complexity index is 1990. The van der Waals surface area contributed by atoms with Gasteiger partial charge in [0.2, 0.25) is 10.0 Å². The number of nitrogens with one attached hydrogen (secondary N) is 1. The molecule has 7 rings (SSSR count). The first-order valence-electron chi connectivity index (χ1n) is 20.0. The number of ketones is 1. The van der Waals surface area contributed by atoms with Crippen LogP contribution >= 0.6 is 11.6 Å². The van der Waals surface area contributed by atoms with Gasteiger partial charge in [0.05, 0.1) is 17.5 Å². The standard InChI is InChI=1S/C32H37ClN2O5S.C10H17F3N2O/c1-20-5-3-7-29(36)26-11-8-24(26)17-35-18-32(14-4-6-22-15-25(33)10-12-27(22)32)19-40-30-13-9-23(16-28(30)35)31(37)34-41(38,39)21(20)2;1-7(2)15-5-4-14(6-8(15)3)9(16)10(11,12)13/h3,7,9-10,12-13,15-16,20-21,24,26H,4-6,8,11,14,17-19H2,1-2H3,(H,34,37);7-8H,4-6H2,1-3H3/b7-3+;/t20-,21+,24-,26+,32-;8-/m01/s1. The summed E-state index contributed by atoms with van der Waals surface area (Å²) in [4.78, 5) is 42.8. The topological polar surface area (TPSA) is 116 Å². The molecule has 5 aliphatic rings. The highest BCUT2D eigenvalue weighted by molar-refractivity contribution is 7.90. The first kappa shape index (κ1) is 43.0. The molecule has 2 aromatic carbocycles. The molecule has 2 aromatic rings. The maximum absolute atomic E-state index is 13.3. The molecular weight excluding hydrogens is 781 g/mol. The van der Waals surface area contributed by atoms with Crippen LogP contribution in [0.25, 0.3) is 0 Å². The average molecular weight is 835 g/mol. The van der Waals surface area contributed by atoms with Crippen LogP contribution in [0.3, 0.4) is 0 Å². The van der Waals surface area contributed by atoms with Gasteiger partial charge in [-0.1, -0.05) is 30.7 Å². The summed E-state index contributed by atoms with van der Waals surface area (Å²) in [6.07, 6.45) is 3.85. The molecule has 0 unspecified atom stereocenters. The summed E-state index contributed by atoms with van der Waals surface area (Å²) in [5.74, 6) is -1.75. The molecule has 15 heteroatoms. The number of hydrogen-bond acceptors (Lipinski definition) is 8. The summed E-state index contributed by atoms with van der Waals surface area (Å²) in [5, 5.41) is -0.0854. The van der Waals surface area contributed by atoms with Crippen molar-refractivity contribution in [2.45, 2.75) is 102 Å². The number of anilines is 1. The van der Waals surface area contributed by atoms with Gasteiger partial charge in [0.1, 0.15) is 5.75 Å². The van der Waals surface area contributed by atoms with Gasteiger partial charge in [-0.3, -0.25) is 19.3 Å². The maximum atomic E-state index is 13.3. The fraction of sp³-hybridized carbons (Fsp3) is 0.595. The third-order valence-electron chi connectivity index (χ3n) is 12.7. The van der Waals surface area contributed by atoms with Crippen LogP contribution in [0.15, 0.2) is 48.6 Å². The van der Waals surface area contributed by atoms with Gasteiger partial charge in [0, 0.05) is 66.7 Å². The molecular formula is C42H54ClF3N4O6S. The highest BCUT2D eigenvalue weighted by atomic mass is 35.5. The number of rotatable bonds is 1. The van der Waals surface area contributed by atoms with Crippen molar-refractivity contribution in [3.05, 3.63) is 70.3 Å². The third-order valence-corrected chi connectivity index (χ3v) is 14.9. The van der Waals surface area contributed by atoms with Crippen LogP contribution in [0.1, 0.15) is 88.2 Å². The SMILES string of the molecule is CC(C)N1CCN(C(=O)C(F)(F)F)C[C@H]1C.C[C@@H]1[C@@H](C)C/C=C/C(=O)[C@@H]2CC[C@H]2CN2C[C@@]3(CCCc4cc(Cl)ccc43)COc3ccc(cc32)C(=O)NS1(=O)=O. The second-order valence-electron chi connectivity index (χ2n) is 16.9. The van der Waals surface area contributed by atoms with Crippen LogP contribution in [0.5, 0.6) is 5.75 Å². The van der Waals surface area contributed by atoms with Crippen molar-refractivity contribution in [2.75, 3.05) is 44.2 Å². The number of sulfonamides is 1. The van der Waals surface area contributed by atoms with Crippen LogP contribution in [-0.2, 0) is 31.4 Å². The Morgan fingerprint density at radius 1 is 1.04 bits per heavy atom. The Balaban J connectivity index is 0.000000289. The Labute approximate surface area is 339 Å². The fourth-order valence-electron chi connectivity index (χ4n) is 9.10. The first-order chi connectivity index (χ1) is 26.8. The molecule has 3 aliphatic heterocycles. The number of piperazine rings is 1. The van der Waals surface area contributed by atoms with Gasteiger partial charge in [-0.15, -0.1) is 0 Å². The van der Waals surface area contributed by atoms with Crippen molar-refractivity contribution in [3.63, 3.8) is 0 Å². The third kappa shape index (κ3) is 9.33. The van der Waals surface area contributed by atoms with Gasteiger partial charge in [-0.05, 0) is 126 Å². The number of carbonyl (C=O) groups is 3. The number of alkyl halides is 3. The summed E-state index contributed by atoms with van der Waals surface area (Å²) in [7, 11) is -3.93. The summed E-state index contributed by atoms with van der Waals surface area (Å²) in [6, 6.07) is 11.5. The number of fused-ring (bicyclic) bond motifs is 4. The number of benzene rings is 2. The van der Waals surface area contributed by atoms with E-state index in [1.165, 1.54) is 11.1 Å². The number of nitrogens with zero attached hydrogens (tertiary/aromatic N) is 3. The maximum Gasteiger partial charge on any atom is 0.471 e. The molecule has 0 aromatic heterocycles. The average Bonchev–Trinajstić information content (AvgIpc) is 3.28. The summed E-state index contributed by atoms with van der Waals surface area (Å²) in [5.41, 5.74) is 3.22. The molecule has 1 N–H and O–H groups in total. The van der Waals surface area contributed by atoms with Gasteiger partial charge in [-0.2, -0.15) is 13.2 Å². The molecule has 1 spiro atoms. The van der Waals surface area contributed by atoms with E-state index in [2.05, 4.69) is 26.7 Å². The van der Waals surface area contributed by atoms with E-state index in [4.69, 9.17) is 16.3 Å². The molecule has 6 atom stereocenters. The predicted octanol–water partition coefficient (Wildman–Crippen LogP) is 6.94. The first-order valence-corrected chi connectivity index (χ1v) is 21.9. The second-order valence-corrected chi connectivity index (χ2v) is 19.3. The minimum atomic E-state index is -4.75. The molecule has 0 radical (unpaired) electrons. The van der Waals surface area contributed by atoms with E-state index >= 15 is 0 Å². The predicted molar refractivity (Wildman–Crippen MR) is 214 cm³/mol. The lowest BCUT2D eigenvalue weighted by molar-refractivity contribution is -0.188. The zero-order chi connectivity index (χ0) is 41.4. The van der Waals surface area contributed by atoms with E-state index in [1.807, 2.05) is 33.8 Å². The van der Waals surface area contributed by atoms with Crippen LogP contribution in [-0.4, -0.2) is 98.7 Å². The van der Waals surface area contributed by atoms with Crippen molar-refractivity contribution in [1.82, 2.24) is 14.5 Å². The van der Waals surface area contributed by atoms with E-state index in [9.17, 15) is 36.0 Å². The second kappa shape index (κ2) is 16.9. The van der Waals surface area contributed by atoms with E-state index in [1.54, 1.807) is 37.3 Å². The molecule has 1 saturated carbocycles. The van der Waals surface area contributed by atoms with Crippen LogP contribution in [0.4, 0.5) is 18.9 Å². The van der Waals surface area contributed by atoms with Gasteiger partial charge < -0.3 is 14.5 Å².